The molecule has 0 fully saturated rings. The molecule has 0 amide bonds. The summed E-state index contributed by atoms with van der Waals surface area (Å²) >= 11 is 0. The Morgan fingerprint density at radius 2 is 1.51 bits per heavy atom. The maximum absolute atomic E-state index is 12.6. The van der Waals surface area contributed by atoms with Gasteiger partial charge < -0.3 is 50.0 Å². The third-order valence-corrected chi connectivity index (χ3v) is 5.24. The van der Waals surface area contributed by atoms with Gasteiger partial charge >= 0.3 is 5.97 Å². The van der Waals surface area contributed by atoms with Crippen LogP contribution in [0.4, 0.5) is 0 Å². The fraction of sp³-hybridized carbons (Fsp3) is 0.130. The molecule has 0 aromatic heterocycles. The predicted molar refractivity (Wildman–Crippen MR) is 115 cm³/mol. The lowest BCUT2D eigenvalue weighted by Gasteiger charge is -2.30. The zero-order chi connectivity index (χ0) is 25.6. The van der Waals surface area contributed by atoms with E-state index in [9.17, 15) is 45.3 Å². The smallest absolute Gasteiger partial charge is 0.343 e. The van der Waals surface area contributed by atoms with Crippen LogP contribution < -0.4 is 14.2 Å². The number of carbonyl (C=O) groups excluding carboxylic acids is 2. The van der Waals surface area contributed by atoms with Gasteiger partial charge in [-0.2, -0.15) is 0 Å². The van der Waals surface area contributed by atoms with E-state index in [1.54, 1.807) is 0 Å². The Labute approximate surface area is 196 Å². The minimum Gasteiger partial charge on any atom is -0.508 e. The molecule has 1 aliphatic heterocycles. The van der Waals surface area contributed by atoms with Crippen molar-refractivity contribution in [2.24, 2.45) is 0 Å². The maximum Gasteiger partial charge on any atom is 0.343 e. The average molecular weight is 486 g/mol. The number of Topliss-reactive ketones (excluding diaryl/α,β-unsaturated/α-hetero) is 1. The van der Waals surface area contributed by atoms with Crippen molar-refractivity contribution in [1.29, 1.82) is 0 Å². The van der Waals surface area contributed by atoms with E-state index in [0.29, 0.717) is 0 Å². The quantitative estimate of drug-likeness (QED) is 0.160. The van der Waals surface area contributed by atoms with Gasteiger partial charge in [0.1, 0.15) is 22.8 Å². The van der Waals surface area contributed by atoms with Gasteiger partial charge in [0.2, 0.25) is 17.3 Å². The molecule has 35 heavy (non-hydrogen) atoms. The van der Waals surface area contributed by atoms with Crippen molar-refractivity contribution < 1.29 is 59.5 Å². The topological polar surface area (TPSA) is 203 Å². The number of ether oxygens (including phenoxy) is 3. The Balaban J connectivity index is 1.70. The number of aliphatic hydroxyl groups excluding tert-OH is 1. The predicted octanol–water partition coefficient (Wildman–Crippen LogP) is 1.83. The van der Waals surface area contributed by atoms with Crippen LogP contribution in [0.25, 0.3) is 0 Å². The van der Waals surface area contributed by atoms with Crippen molar-refractivity contribution in [3.63, 3.8) is 0 Å². The molecule has 7 N–H and O–H groups in total. The summed E-state index contributed by atoms with van der Waals surface area (Å²) in [7, 11) is 1.19. The largest absolute Gasteiger partial charge is 0.508 e. The van der Waals surface area contributed by atoms with E-state index in [1.165, 1.54) is 7.11 Å². The van der Waals surface area contributed by atoms with Crippen molar-refractivity contribution in [3.05, 3.63) is 53.1 Å². The molecule has 12 heteroatoms. The van der Waals surface area contributed by atoms with Gasteiger partial charge in [-0.05, 0) is 24.3 Å². The molecular formula is C23H18O12. The lowest BCUT2D eigenvalue weighted by Crippen LogP contribution is -2.36. The molecule has 3 aromatic rings. The van der Waals surface area contributed by atoms with Crippen LogP contribution in [-0.4, -0.2) is 60.7 Å². The molecule has 1 aliphatic rings. The number of fused-ring (bicyclic) bond motifs is 1. The van der Waals surface area contributed by atoms with E-state index in [0.717, 1.165) is 36.4 Å². The molecule has 0 unspecified atom stereocenters. The fourth-order valence-electron chi connectivity index (χ4n) is 3.55. The number of aromatic hydroxyl groups is 6. The molecular weight excluding hydrogens is 468 g/mol. The highest BCUT2D eigenvalue weighted by Gasteiger charge is 2.40. The van der Waals surface area contributed by atoms with Crippen LogP contribution in [0.2, 0.25) is 0 Å². The summed E-state index contributed by atoms with van der Waals surface area (Å²) in [6.07, 6.45) is -3.36. The van der Waals surface area contributed by atoms with Crippen LogP contribution in [0.3, 0.4) is 0 Å². The van der Waals surface area contributed by atoms with Crippen molar-refractivity contribution >= 4 is 11.8 Å². The van der Waals surface area contributed by atoms with Crippen molar-refractivity contribution in [3.8, 4) is 51.7 Å². The number of aliphatic hydroxyl groups is 1. The minimum atomic E-state index is -1.87. The number of esters is 1. The van der Waals surface area contributed by atoms with Crippen molar-refractivity contribution in [1.82, 2.24) is 0 Å². The average Bonchev–Trinajstić information content (AvgIpc) is 2.80. The number of carbonyl (C=O) groups is 2. The summed E-state index contributed by atoms with van der Waals surface area (Å²) in [6, 6.07) is 5.84. The van der Waals surface area contributed by atoms with Gasteiger partial charge in [0.25, 0.3) is 0 Å². The zero-order valence-corrected chi connectivity index (χ0v) is 17.8. The summed E-state index contributed by atoms with van der Waals surface area (Å²) in [5, 5.41) is 70.0. The number of hydrogen-bond acceptors (Lipinski definition) is 12. The van der Waals surface area contributed by atoms with Gasteiger partial charge in [-0.25, -0.2) is 4.79 Å². The van der Waals surface area contributed by atoms with Crippen LogP contribution in [0.1, 0.15) is 32.4 Å². The van der Waals surface area contributed by atoms with E-state index >= 15 is 0 Å². The first kappa shape index (κ1) is 23.3. The molecule has 1 heterocycles. The third-order valence-electron chi connectivity index (χ3n) is 5.24. The lowest BCUT2D eigenvalue weighted by atomic mass is 9.92. The maximum atomic E-state index is 12.6. The number of phenols is 6. The van der Waals surface area contributed by atoms with Gasteiger partial charge in [0, 0.05) is 17.7 Å². The van der Waals surface area contributed by atoms with E-state index in [2.05, 4.69) is 0 Å². The van der Waals surface area contributed by atoms with E-state index in [1.807, 2.05) is 0 Å². The molecule has 0 radical (unpaired) electrons. The minimum absolute atomic E-state index is 0.108. The summed E-state index contributed by atoms with van der Waals surface area (Å²) < 4.78 is 15.5. The first-order valence-corrected chi connectivity index (χ1v) is 9.84. The first-order chi connectivity index (χ1) is 16.5. The van der Waals surface area contributed by atoms with Crippen LogP contribution in [0.5, 0.6) is 51.7 Å². The highest BCUT2D eigenvalue weighted by atomic mass is 16.5. The Kier molecular flexibility index (Phi) is 5.66. The standard InChI is InChI=1S/C23H18O12/c1-33-15-5-9(3-13(27)18(15)28)23(32)35-16-4-8(2-12(26)19(16)29)22-21(31)20(30)17-11(25)6-10(24)7-14(17)34-22/h2-7,21-22,24-29,31H,1H3/t21-,22+/m0/s1. The number of ketones is 1. The molecule has 182 valence electrons. The highest BCUT2D eigenvalue weighted by molar-refractivity contribution is 6.05. The summed E-state index contributed by atoms with van der Waals surface area (Å²) in [6.45, 7) is 0. The van der Waals surface area contributed by atoms with Gasteiger partial charge in [-0.3, -0.25) is 4.79 Å². The summed E-state index contributed by atoms with van der Waals surface area (Å²) in [5.74, 6) is -7.12. The Hall–Kier alpha value is -4.84. The monoisotopic (exact) mass is 486 g/mol. The molecule has 0 aliphatic carbocycles. The van der Waals surface area contributed by atoms with Gasteiger partial charge in [-0.15, -0.1) is 0 Å². The Bertz CT molecular complexity index is 1360. The number of benzene rings is 3. The molecule has 4 rings (SSSR count). The second-order valence-electron chi connectivity index (χ2n) is 7.51. The Morgan fingerprint density at radius 1 is 0.857 bits per heavy atom. The second kappa shape index (κ2) is 8.50. The number of hydrogen-bond donors (Lipinski definition) is 7. The van der Waals surface area contributed by atoms with Crippen LogP contribution in [-0.2, 0) is 0 Å². The number of rotatable bonds is 4. The molecule has 0 bridgehead atoms. The van der Waals surface area contributed by atoms with E-state index in [-0.39, 0.29) is 28.2 Å². The van der Waals surface area contributed by atoms with Gasteiger partial charge in [-0.1, -0.05) is 0 Å². The fourth-order valence-corrected chi connectivity index (χ4v) is 3.55. The SMILES string of the molecule is COc1cc(C(=O)Oc2cc([C@H]3Oc4cc(O)cc(O)c4C(=O)[C@@H]3O)cc(O)c2O)cc(O)c1O. The lowest BCUT2D eigenvalue weighted by molar-refractivity contribution is 0.0208. The number of methoxy groups -OCH3 is 1. The summed E-state index contributed by atoms with van der Waals surface area (Å²) in [4.78, 5) is 25.2. The third kappa shape index (κ3) is 4.02. The number of phenolic OH excluding ortho intramolecular Hbond substituents is 6. The molecule has 0 saturated carbocycles. The normalized spacial score (nSPS) is 16.8. The molecule has 12 nitrogen and oxygen atoms in total. The van der Waals surface area contributed by atoms with Crippen molar-refractivity contribution in [2.75, 3.05) is 7.11 Å². The zero-order valence-electron chi connectivity index (χ0n) is 17.8. The van der Waals surface area contributed by atoms with Crippen LogP contribution in [0.15, 0.2) is 36.4 Å². The van der Waals surface area contributed by atoms with Crippen molar-refractivity contribution in [2.45, 2.75) is 12.2 Å². The van der Waals surface area contributed by atoms with Gasteiger partial charge in [0.15, 0.2) is 35.2 Å². The molecule has 2 atom stereocenters. The van der Waals surface area contributed by atoms with Gasteiger partial charge in [0.05, 0.1) is 12.7 Å². The second-order valence-corrected chi connectivity index (χ2v) is 7.51. The van der Waals surface area contributed by atoms with E-state index < -0.39 is 64.2 Å². The molecule has 0 spiro atoms. The molecule has 3 aromatic carbocycles. The molecule has 0 saturated heterocycles. The highest BCUT2D eigenvalue weighted by Crippen LogP contribution is 2.45. The van der Waals surface area contributed by atoms with Crippen LogP contribution in [0, 0.1) is 0 Å². The first-order valence-electron chi connectivity index (χ1n) is 9.84. The van der Waals surface area contributed by atoms with Crippen LogP contribution >= 0.6 is 0 Å². The van der Waals surface area contributed by atoms with E-state index in [4.69, 9.17) is 14.2 Å². The summed E-state index contributed by atoms with van der Waals surface area (Å²) in [5.41, 5.74) is -0.753. The Morgan fingerprint density at radius 3 is 2.20 bits per heavy atom.